The highest BCUT2D eigenvalue weighted by Gasteiger charge is 2.23. The zero-order valence-electron chi connectivity index (χ0n) is 10.9. The first-order valence-electron chi connectivity index (χ1n) is 6.34. The van der Waals surface area contributed by atoms with Crippen LogP contribution >= 0.6 is 0 Å². The Kier molecular flexibility index (Phi) is 3.02. The highest BCUT2D eigenvalue weighted by Crippen LogP contribution is 2.22. The molecule has 0 amide bonds. The third-order valence-corrected chi connectivity index (χ3v) is 3.51. The van der Waals surface area contributed by atoms with Crippen LogP contribution in [0.3, 0.4) is 0 Å². The third-order valence-electron chi connectivity index (χ3n) is 3.51. The lowest BCUT2D eigenvalue weighted by Gasteiger charge is -2.23. The van der Waals surface area contributed by atoms with Crippen molar-refractivity contribution in [2.45, 2.75) is 19.5 Å². The Balaban J connectivity index is 1.97. The lowest BCUT2D eigenvalue weighted by molar-refractivity contribution is 0.308. The molecule has 0 unspecified atom stereocenters. The average Bonchev–Trinajstić information content (AvgIpc) is 2.77. The van der Waals surface area contributed by atoms with Crippen LogP contribution in [0.5, 0.6) is 0 Å². The van der Waals surface area contributed by atoms with Gasteiger partial charge in [-0.1, -0.05) is 0 Å². The van der Waals surface area contributed by atoms with Crippen LogP contribution in [0.1, 0.15) is 22.5 Å². The SMILES string of the molecule is CN1CCc2c(c(C#N)nn2Cc2ccncc2)C1. The molecule has 0 atom stereocenters. The van der Waals surface area contributed by atoms with Gasteiger partial charge in [0.05, 0.1) is 6.54 Å². The van der Waals surface area contributed by atoms with E-state index in [-0.39, 0.29) is 0 Å². The standard InChI is InChI=1S/C14H15N5/c1-18-7-4-14-12(10-18)13(8-15)17-19(14)9-11-2-5-16-6-3-11/h2-3,5-6H,4,7,9-10H2,1H3. The molecule has 0 saturated carbocycles. The molecule has 3 heterocycles. The number of nitriles is 1. The van der Waals surface area contributed by atoms with E-state index in [4.69, 9.17) is 0 Å². The molecule has 5 nitrogen and oxygen atoms in total. The second kappa shape index (κ2) is 4.82. The predicted molar refractivity (Wildman–Crippen MR) is 70.3 cm³/mol. The molecule has 0 saturated heterocycles. The Morgan fingerprint density at radius 2 is 2.16 bits per heavy atom. The van der Waals surface area contributed by atoms with Crippen molar-refractivity contribution in [3.05, 3.63) is 47.0 Å². The quantitative estimate of drug-likeness (QED) is 0.806. The summed E-state index contributed by atoms with van der Waals surface area (Å²) in [6.45, 7) is 2.53. The Hall–Kier alpha value is -2.19. The fourth-order valence-corrected chi connectivity index (χ4v) is 2.51. The molecule has 0 radical (unpaired) electrons. The van der Waals surface area contributed by atoms with Gasteiger partial charge in [-0.05, 0) is 24.7 Å². The zero-order valence-corrected chi connectivity index (χ0v) is 10.9. The largest absolute Gasteiger partial charge is 0.302 e. The molecule has 0 spiro atoms. The first-order chi connectivity index (χ1) is 9.28. The van der Waals surface area contributed by atoms with Gasteiger partial charge < -0.3 is 4.90 Å². The Morgan fingerprint density at radius 1 is 1.37 bits per heavy atom. The van der Waals surface area contributed by atoms with Gasteiger partial charge in [0.25, 0.3) is 0 Å². The highest BCUT2D eigenvalue weighted by molar-refractivity contribution is 5.37. The summed E-state index contributed by atoms with van der Waals surface area (Å²) in [6, 6.07) is 6.17. The number of nitrogens with zero attached hydrogens (tertiary/aromatic N) is 5. The van der Waals surface area contributed by atoms with Crippen molar-refractivity contribution < 1.29 is 0 Å². The van der Waals surface area contributed by atoms with Gasteiger partial charge in [-0.3, -0.25) is 9.67 Å². The van der Waals surface area contributed by atoms with Crippen molar-refractivity contribution in [3.63, 3.8) is 0 Å². The number of aromatic nitrogens is 3. The molecule has 2 aromatic heterocycles. The number of hydrogen-bond donors (Lipinski definition) is 0. The Labute approximate surface area is 112 Å². The van der Waals surface area contributed by atoms with Gasteiger partial charge in [0.2, 0.25) is 0 Å². The van der Waals surface area contributed by atoms with Crippen LogP contribution in [0.2, 0.25) is 0 Å². The molecule has 1 aliphatic rings. The minimum atomic E-state index is 0.565. The van der Waals surface area contributed by atoms with Crippen LogP contribution in [-0.2, 0) is 19.5 Å². The lowest BCUT2D eigenvalue weighted by atomic mass is 10.1. The van der Waals surface area contributed by atoms with Gasteiger partial charge in [-0.15, -0.1) is 0 Å². The van der Waals surface area contributed by atoms with E-state index < -0.39 is 0 Å². The van der Waals surface area contributed by atoms with Gasteiger partial charge in [-0.25, -0.2) is 0 Å². The normalized spacial score (nSPS) is 14.9. The smallest absolute Gasteiger partial charge is 0.167 e. The van der Waals surface area contributed by atoms with E-state index in [2.05, 4.69) is 28.1 Å². The number of pyridine rings is 1. The van der Waals surface area contributed by atoms with Crippen LogP contribution in [0.25, 0.3) is 0 Å². The molecule has 1 aliphatic heterocycles. The van der Waals surface area contributed by atoms with Crippen LogP contribution in [0.4, 0.5) is 0 Å². The maximum Gasteiger partial charge on any atom is 0.167 e. The topological polar surface area (TPSA) is 57.7 Å². The van der Waals surface area contributed by atoms with Crippen molar-refractivity contribution in [3.8, 4) is 6.07 Å². The maximum absolute atomic E-state index is 9.20. The lowest BCUT2D eigenvalue weighted by Crippen LogP contribution is -2.27. The first-order valence-corrected chi connectivity index (χ1v) is 6.34. The summed E-state index contributed by atoms with van der Waals surface area (Å²) in [5, 5.41) is 13.7. The molecule has 0 aromatic carbocycles. The van der Waals surface area contributed by atoms with Crippen molar-refractivity contribution >= 4 is 0 Å². The molecule has 96 valence electrons. The molecule has 3 rings (SSSR count). The predicted octanol–water partition coefficient (Wildman–Crippen LogP) is 1.19. The second-order valence-electron chi connectivity index (χ2n) is 4.89. The van der Waals surface area contributed by atoms with Gasteiger partial charge in [0, 0.05) is 43.2 Å². The molecule has 0 aliphatic carbocycles. The third kappa shape index (κ3) is 2.23. The molecule has 5 heteroatoms. The average molecular weight is 253 g/mol. The summed E-state index contributed by atoms with van der Waals surface area (Å²) in [4.78, 5) is 6.24. The number of hydrogen-bond acceptors (Lipinski definition) is 4. The van der Waals surface area contributed by atoms with Crippen molar-refractivity contribution in [1.82, 2.24) is 19.7 Å². The molecule has 19 heavy (non-hydrogen) atoms. The van der Waals surface area contributed by atoms with Gasteiger partial charge >= 0.3 is 0 Å². The molecule has 0 bridgehead atoms. The summed E-state index contributed by atoms with van der Waals surface area (Å²) in [5.74, 6) is 0. The minimum absolute atomic E-state index is 0.565. The van der Waals surface area contributed by atoms with E-state index >= 15 is 0 Å². The van der Waals surface area contributed by atoms with E-state index in [1.807, 2.05) is 16.8 Å². The molecule has 0 fully saturated rings. The first kappa shape index (κ1) is 11.9. The fourth-order valence-electron chi connectivity index (χ4n) is 2.51. The Morgan fingerprint density at radius 3 is 2.89 bits per heavy atom. The highest BCUT2D eigenvalue weighted by atomic mass is 15.3. The second-order valence-corrected chi connectivity index (χ2v) is 4.89. The zero-order chi connectivity index (χ0) is 13.2. The minimum Gasteiger partial charge on any atom is -0.302 e. The van der Waals surface area contributed by atoms with E-state index in [1.165, 1.54) is 5.69 Å². The van der Waals surface area contributed by atoms with Gasteiger partial charge in [0.15, 0.2) is 5.69 Å². The summed E-state index contributed by atoms with van der Waals surface area (Å²) >= 11 is 0. The summed E-state index contributed by atoms with van der Waals surface area (Å²) in [5.41, 5.74) is 4.01. The number of rotatable bonds is 2. The van der Waals surface area contributed by atoms with Crippen molar-refractivity contribution in [2.75, 3.05) is 13.6 Å². The van der Waals surface area contributed by atoms with Crippen LogP contribution in [0.15, 0.2) is 24.5 Å². The van der Waals surface area contributed by atoms with Crippen molar-refractivity contribution in [1.29, 1.82) is 5.26 Å². The monoisotopic (exact) mass is 253 g/mol. The summed E-state index contributed by atoms with van der Waals surface area (Å²) in [7, 11) is 2.07. The van der Waals surface area contributed by atoms with Crippen LogP contribution < -0.4 is 0 Å². The van der Waals surface area contributed by atoms with Gasteiger partial charge in [0.1, 0.15) is 6.07 Å². The van der Waals surface area contributed by atoms with E-state index in [9.17, 15) is 5.26 Å². The molecule has 0 N–H and O–H groups in total. The fraction of sp³-hybridized carbons (Fsp3) is 0.357. The molecular formula is C14H15N5. The summed E-state index contributed by atoms with van der Waals surface area (Å²) in [6.07, 6.45) is 4.51. The summed E-state index contributed by atoms with van der Waals surface area (Å²) < 4.78 is 1.97. The molecular weight excluding hydrogens is 238 g/mol. The van der Waals surface area contributed by atoms with Crippen LogP contribution in [-0.4, -0.2) is 33.3 Å². The van der Waals surface area contributed by atoms with Crippen molar-refractivity contribution in [2.24, 2.45) is 0 Å². The number of likely N-dealkylation sites (N-methyl/N-ethyl adjacent to an activating group) is 1. The van der Waals surface area contributed by atoms with E-state index in [0.717, 1.165) is 30.6 Å². The molecule has 2 aromatic rings. The van der Waals surface area contributed by atoms with E-state index in [1.54, 1.807) is 12.4 Å². The van der Waals surface area contributed by atoms with Crippen LogP contribution in [0, 0.1) is 11.3 Å². The Bertz CT molecular complexity index is 623. The van der Waals surface area contributed by atoms with Gasteiger partial charge in [-0.2, -0.15) is 10.4 Å². The van der Waals surface area contributed by atoms with E-state index in [0.29, 0.717) is 12.2 Å². The number of fused-ring (bicyclic) bond motifs is 1. The maximum atomic E-state index is 9.20.